The molecule has 0 spiro atoms. The molecule has 2 aromatic rings. The lowest BCUT2D eigenvalue weighted by Gasteiger charge is -2.15. The Morgan fingerprint density at radius 3 is 2.62 bits per heavy atom. The van der Waals surface area contributed by atoms with E-state index in [1.165, 1.54) is 16.8 Å². The van der Waals surface area contributed by atoms with E-state index in [-0.39, 0.29) is 31.2 Å². The molecular formula is C16H19FN4O3. The zero-order valence-corrected chi connectivity index (χ0v) is 13.5. The second-order valence-corrected chi connectivity index (χ2v) is 5.49. The molecular weight excluding hydrogens is 315 g/mol. The monoisotopic (exact) mass is 334 g/mol. The number of amides is 1. The molecule has 1 heterocycles. The van der Waals surface area contributed by atoms with Gasteiger partial charge in [0.25, 0.3) is 0 Å². The lowest BCUT2D eigenvalue weighted by Crippen LogP contribution is -2.32. The van der Waals surface area contributed by atoms with Gasteiger partial charge in [0.2, 0.25) is 5.91 Å². The van der Waals surface area contributed by atoms with Crippen LogP contribution in [0.3, 0.4) is 0 Å². The lowest BCUT2D eigenvalue weighted by atomic mass is 10.3. The van der Waals surface area contributed by atoms with Crippen LogP contribution in [0.15, 0.2) is 30.3 Å². The van der Waals surface area contributed by atoms with Crippen molar-refractivity contribution >= 4 is 17.7 Å². The third kappa shape index (κ3) is 4.88. The number of anilines is 1. The number of carbonyl (C=O) groups excluding carboxylic acids is 1. The Balaban J connectivity index is 2.06. The van der Waals surface area contributed by atoms with Crippen molar-refractivity contribution in [2.45, 2.75) is 13.3 Å². The topological polar surface area (TPSA) is 87.5 Å². The second-order valence-electron chi connectivity index (χ2n) is 5.49. The molecule has 128 valence electrons. The van der Waals surface area contributed by atoms with Crippen molar-refractivity contribution in [3.63, 3.8) is 0 Å². The summed E-state index contributed by atoms with van der Waals surface area (Å²) in [6.07, 6.45) is -0.0313. The van der Waals surface area contributed by atoms with E-state index in [2.05, 4.69) is 10.4 Å². The number of aryl methyl sites for hydroxylation is 1. The fourth-order valence-electron chi connectivity index (χ4n) is 2.16. The number of carbonyl (C=O) groups is 2. The van der Waals surface area contributed by atoms with E-state index in [1.54, 1.807) is 37.1 Å². The molecule has 8 heteroatoms. The summed E-state index contributed by atoms with van der Waals surface area (Å²) in [5.74, 6) is -1.08. The average molecular weight is 334 g/mol. The Hall–Kier alpha value is -2.74. The van der Waals surface area contributed by atoms with Gasteiger partial charge in [0.15, 0.2) is 0 Å². The van der Waals surface area contributed by atoms with Crippen molar-refractivity contribution in [3.05, 3.63) is 41.8 Å². The molecule has 0 bridgehead atoms. The third-order valence-electron chi connectivity index (χ3n) is 3.29. The SMILES string of the molecule is Cc1cc(NC(=O)CN(C)CCC(=O)O)n(-c2ccc(F)cc2)n1. The van der Waals surface area contributed by atoms with E-state index in [9.17, 15) is 14.0 Å². The van der Waals surface area contributed by atoms with E-state index in [4.69, 9.17) is 5.11 Å². The van der Waals surface area contributed by atoms with Crippen LogP contribution in [0, 0.1) is 12.7 Å². The van der Waals surface area contributed by atoms with Crippen LogP contribution >= 0.6 is 0 Å². The van der Waals surface area contributed by atoms with Crippen LogP contribution in [0.5, 0.6) is 0 Å². The number of carboxylic acids is 1. The Bertz CT molecular complexity index is 727. The Morgan fingerprint density at radius 1 is 1.33 bits per heavy atom. The molecule has 0 radical (unpaired) electrons. The highest BCUT2D eigenvalue weighted by Crippen LogP contribution is 2.17. The maximum absolute atomic E-state index is 13.0. The molecule has 2 rings (SSSR count). The highest BCUT2D eigenvalue weighted by Gasteiger charge is 2.13. The maximum Gasteiger partial charge on any atom is 0.304 e. The van der Waals surface area contributed by atoms with Crippen LogP contribution in [0.1, 0.15) is 12.1 Å². The van der Waals surface area contributed by atoms with Crippen LogP contribution in [0.2, 0.25) is 0 Å². The van der Waals surface area contributed by atoms with E-state index in [0.29, 0.717) is 17.2 Å². The Morgan fingerprint density at radius 2 is 2.00 bits per heavy atom. The van der Waals surface area contributed by atoms with Gasteiger partial charge in [0.05, 0.1) is 24.3 Å². The van der Waals surface area contributed by atoms with E-state index in [1.807, 2.05) is 0 Å². The van der Waals surface area contributed by atoms with E-state index >= 15 is 0 Å². The number of aliphatic carboxylic acids is 1. The van der Waals surface area contributed by atoms with Gasteiger partial charge in [-0.3, -0.25) is 14.5 Å². The van der Waals surface area contributed by atoms with Gasteiger partial charge in [-0.1, -0.05) is 0 Å². The van der Waals surface area contributed by atoms with Crippen molar-refractivity contribution < 1.29 is 19.1 Å². The van der Waals surface area contributed by atoms with Crippen molar-refractivity contribution in [2.24, 2.45) is 0 Å². The summed E-state index contributed by atoms with van der Waals surface area (Å²) < 4.78 is 14.6. The van der Waals surface area contributed by atoms with Crippen molar-refractivity contribution in [3.8, 4) is 5.69 Å². The predicted molar refractivity (Wildman–Crippen MR) is 86.6 cm³/mol. The molecule has 0 unspecified atom stereocenters. The highest BCUT2D eigenvalue weighted by atomic mass is 19.1. The molecule has 0 saturated carbocycles. The molecule has 1 aromatic carbocycles. The minimum Gasteiger partial charge on any atom is -0.481 e. The van der Waals surface area contributed by atoms with Gasteiger partial charge in [-0.2, -0.15) is 5.10 Å². The fourth-order valence-corrected chi connectivity index (χ4v) is 2.16. The molecule has 0 aliphatic heterocycles. The first-order chi connectivity index (χ1) is 11.3. The number of likely N-dealkylation sites (N-methyl/N-ethyl adjacent to an activating group) is 1. The van der Waals surface area contributed by atoms with E-state index < -0.39 is 5.97 Å². The first-order valence-electron chi connectivity index (χ1n) is 7.38. The number of hydrogen-bond donors (Lipinski definition) is 2. The first-order valence-corrected chi connectivity index (χ1v) is 7.38. The summed E-state index contributed by atoms with van der Waals surface area (Å²) in [5.41, 5.74) is 1.33. The maximum atomic E-state index is 13.0. The number of halogens is 1. The molecule has 0 fully saturated rings. The summed E-state index contributed by atoms with van der Waals surface area (Å²) in [5, 5.41) is 15.7. The standard InChI is InChI=1S/C16H19FN4O3/c1-11-9-14(18-15(22)10-20(2)8-7-16(23)24)21(19-11)13-5-3-12(17)4-6-13/h3-6,9H,7-8,10H2,1-2H3,(H,18,22)(H,23,24). The van der Waals surface area contributed by atoms with Gasteiger partial charge < -0.3 is 10.4 Å². The molecule has 7 nitrogen and oxygen atoms in total. The lowest BCUT2D eigenvalue weighted by molar-refractivity contribution is -0.137. The number of nitrogens with zero attached hydrogens (tertiary/aromatic N) is 3. The van der Waals surface area contributed by atoms with Crippen LogP contribution in [0.4, 0.5) is 10.2 Å². The minimum absolute atomic E-state index is 0.0313. The Labute approximate surface area is 138 Å². The van der Waals surface area contributed by atoms with Gasteiger partial charge in [-0.05, 0) is 38.2 Å². The normalized spacial score (nSPS) is 10.8. The molecule has 0 atom stereocenters. The average Bonchev–Trinajstić information content (AvgIpc) is 2.86. The number of carboxylic acid groups (broad SMARTS) is 1. The smallest absolute Gasteiger partial charge is 0.304 e. The van der Waals surface area contributed by atoms with Gasteiger partial charge in [-0.25, -0.2) is 9.07 Å². The van der Waals surface area contributed by atoms with Crippen molar-refractivity contribution in [2.75, 3.05) is 25.5 Å². The van der Waals surface area contributed by atoms with Crippen LogP contribution in [-0.4, -0.2) is 51.8 Å². The molecule has 0 saturated heterocycles. The minimum atomic E-state index is -0.910. The molecule has 1 amide bonds. The van der Waals surface area contributed by atoms with Crippen molar-refractivity contribution in [1.29, 1.82) is 0 Å². The quantitative estimate of drug-likeness (QED) is 0.804. The fraction of sp³-hybridized carbons (Fsp3) is 0.312. The zero-order chi connectivity index (χ0) is 17.7. The summed E-state index contributed by atoms with van der Waals surface area (Å²) in [6, 6.07) is 7.47. The summed E-state index contributed by atoms with van der Waals surface area (Å²) in [6.45, 7) is 2.12. The summed E-state index contributed by atoms with van der Waals surface area (Å²) >= 11 is 0. The highest BCUT2D eigenvalue weighted by molar-refractivity contribution is 5.91. The number of nitrogens with one attached hydrogen (secondary N) is 1. The Kier molecular flexibility index (Phi) is 5.64. The predicted octanol–water partition coefficient (Wildman–Crippen LogP) is 1.66. The first kappa shape index (κ1) is 17.6. The van der Waals surface area contributed by atoms with Crippen LogP contribution in [0.25, 0.3) is 5.69 Å². The van der Waals surface area contributed by atoms with Gasteiger partial charge in [0, 0.05) is 12.6 Å². The van der Waals surface area contributed by atoms with Crippen molar-refractivity contribution in [1.82, 2.24) is 14.7 Å². The number of benzene rings is 1. The number of rotatable bonds is 7. The van der Waals surface area contributed by atoms with Gasteiger partial charge in [-0.15, -0.1) is 0 Å². The van der Waals surface area contributed by atoms with Gasteiger partial charge in [0.1, 0.15) is 11.6 Å². The molecule has 1 aromatic heterocycles. The van der Waals surface area contributed by atoms with Crippen LogP contribution in [-0.2, 0) is 9.59 Å². The van der Waals surface area contributed by atoms with Gasteiger partial charge >= 0.3 is 5.97 Å². The molecule has 0 aliphatic rings. The largest absolute Gasteiger partial charge is 0.481 e. The third-order valence-corrected chi connectivity index (χ3v) is 3.29. The number of aromatic nitrogens is 2. The summed E-state index contributed by atoms with van der Waals surface area (Å²) in [4.78, 5) is 24.3. The molecule has 0 aliphatic carbocycles. The second kappa shape index (κ2) is 7.69. The zero-order valence-electron chi connectivity index (χ0n) is 13.5. The number of hydrogen-bond acceptors (Lipinski definition) is 4. The molecule has 2 N–H and O–H groups in total. The van der Waals surface area contributed by atoms with Crippen LogP contribution < -0.4 is 5.32 Å². The molecule has 24 heavy (non-hydrogen) atoms. The summed E-state index contributed by atoms with van der Waals surface area (Å²) in [7, 11) is 1.67. The van der Waals surface area contributed by atoms with E-state index in [0.717, 1.165) is 0 Å².